The number of hydrogen-bond donors (Lipinski definition) is 1. The molecule has 1 N–H and O–H groups in total. The van der Waals surface area contributed by atoms with Crippen molar-refractivity contribution >= 4 is 11.9 Å². The van der Waals surface area contributed by atoms with Crippen molar-refractivity contribution in [2.75, 3.05) is 13.2 Å². The maximum Gasteiger partial charge on any atom is 0.306 e. The summed E-state index contributed by atoms with van der Waals surface area (Å²) in [4.78, 5) is 24.4. The molecule has 1 unspecified atom stereocenters. The number of allylic oxidation sites excluding steroid dienone is 6. The molecule has 0 spiro atoms. The van der Waals surface area contributed by atoms with Crippen LogP contribution in [0.1, 0.15) is 258 Å². The molecule has 56 heavy (non-hydrogen) atoms. The van der Waals surface area contributed by atoms with Gasteiger partial charge in [-0.05, 0) is 70.6 Å². The third-order valence-corrected chi connectivity index (χ3v) is 10.9. The van der Waals surface area contributed by atoms with Crippen LogP contribution in [-0.2, 0) is 19.1 Å². The molecule has 0 aromatic rings. The lowest BCUT2D eigenvalue weighted by Gasteiger charge is -2.15. The molecule has 328 valence electrons. The summed E-state index contributed by atoms with van der Waals surface area (Å²) in [5.74, 6) is -0.589. The van der Waals surface area contributed by atoms with Crippen molar-refractivity contribution in [1.29, 1.82) is 0 Å². The number of aliphatic hydroxyl groups is 1. The van der Waals surface area contributed by atoms with Gasteiger partial charge in [-0.2, -0.15) is 0 Å². The van der Waals surface area contributed by atoms with Crippen LogP contribution in [0.25, 0.3) is 0 Å². The van der Waals surface area contributed by atoms with E-state index in [1.165, 1.54) is 186 Å². The highest BCUT2D eigenvalue weighted by atomic mass is 16.6. The van der Waals surface area contributed by atoms with Crippen molar-refractivity contribution in [3.8, 4) is 0 Å². The SMILES string of the molecule is CCCCCCC/C=C\C/C=C\CCCCCCCCCCCC(=O)OC(CO)COC(=O)CCCCCCCCCCC/C=C\CCCCCCCCCC. The molecule has 0 heterocycles. The second-order valence-corrected chi connectivity index (χ2v) is 16.5. The zero-order valence-corrected chi connectivity index (χ0v) is 37.4. The highest BCUT2D eigenvalue weighted by Crippen LogP contribution is 2.15. The smallest absolute Gasteiger partial charge is 0.306 e. The molecule has 0 aromatic heterocycles. The zero-order chi connectivity index (χ0) is 40.7. The number of aliphatic hydroxyl groups excluding tert-OH is 1. The number of rotatable bonds is 45. The molecule has 0 rings (SSSR count). The Morgan fingerprint density at radius 2 is 0.714 bits per heavy atom. The lowest BCUT2D eigenvalue weighted by molar-refractivity contribution is -0.161. The Hall–Kier alpha value is -1.88. The average molecular weight is 787 g/mol. The lowest BCUT2D eigenvalue weighted by Crippen LogP contribution is -2.28. The van der Waals surface area contributed by atoms with Gasteiger partial charge in [0.25, 0.3) is 0 Å². The van der Waals surface area contributed by atoms with Crippen LogP contribution in [0, 0.1) is 0 Å². The van der Waals surface area contributed by atoms with E-state index in [4.69, 9.17) is 9.47 Å². The molecule has 1 atom stereocenters. The molecule has 0 aliphatic heterocycles. The number of unbranched alkanes of at least 4 members (excludes halogenated alkanes) is 31. The van der Waals surface area contributed by atoms with Crippen molar-refractivity contribution in [2.24, 2.45) is 0 Å². The first-order valence-corrected chi connectivity index (χ1v) is 24.5. The zero-order valence-electron chi connectivity index (χ0n) is 37.4. The van der Waals surface area contributed by atoms with Crippen LogP contribution in [0.2, 0.25) is 0 Å². The van der Waals surface area contributed by atoms with Crippen LogP contribution >= 0.6 is 0 Å². The fraction of sp³-hybridized carbons (Fsp3) is 0.843. The molecular formula is C51H94O5. The van der Waals surface area contributed by atoms with Gasteiger partial charge < -0.3 is 14.6 Å². The van der Waals surface area contributed by atoms with Crippen molar-refractivity contribution in [1.82, 2.24) is 0 Å². The Kier molecular flexibility index (Phi) is 45.9. The van der Waals surface area contributed by atoms with E-state index in [-0.39, 0.29) is 25.2 Å². The van der Waals surface area contributed by atoms with Gasteiger partial charge in [-0.3, -0.25) is 9.59 Å². The number of esters is 2. The largest absolute Gasteiger partial charge is 0.462 e. The molecule has 5 heteroatoms. The standard InChI is InChI=1S/C51H94O5/c1-3-5-7-9-11-13-15-17-19-21-23-25-27-29-31-33-35-37-39-41-43-45-50(53)55-48-49(47-52)56-51(54)46-44-42-40-38-36-34-32-30-28-26-24-22-20-18-16-14-12-10-8-6-4-2/h16,18,21-24,49,52H,3-15,17,19-20,25-48H2,1-2H3/b18-16-,23-21-,24-22-. The Morgan fingerprint density at radius 3 is 1.07 bits per heavy atom. The summed E-state index contributed by atoms with van der Waals surface area (Å²) in [6, 6.07) is 0. The number of carbonyl (C=O) groups is 2. The molecular weight excluding hydrogens is 693 g/mol. The van der Waals surface area contributed by atoms with Gasteiger partial charge in [0, 0.05) is 12.8 Å². The summed E-state index contributed by atoms with van der Waals surface area (Å²) >= 11 is 0. The maximum atomic E-state index is 12.2. The van der Waals surface area contributed by atoms with E-state index < -0.39 is 6.10 Å². The third kappa shape index (κ3) is 44.8. The van der Waals surface area contributed by atoms with Gasteiger partial charge in [0.2, 0.25) is 0 Å². The van der Waals surface area contributed by atoms with Gasteiger partial charge in [-0.25, -0.2) is 0 Å². The van der Waals surface area contributed by atoms with Crippen molar-refractivity contribution in [2.45, 2.75) is 264 Å². The molecule has 0 fully saturated rings. The normalized spacial score (nSPS) is 12.4. The number of hydrogen-bond acceptors (Lipinski definition) is 5. The predicted octanol–water partition coefficient (Wildman–Crippen LogP) is 16.0. The summed E-state index contributed by atoms with van der Waals surface area (Å²) in [6.45, 7) is 4.15. The minimum Gasteiger partial charge on any atom is -0.462 e. The first-order chi connectivity index (χ1) is 27.6. The molecule has 0 aromatic carbocycles. The minimum atomic E-state index is -0.774. The van der Waals surface area contributed by atoms with E-state index in [1.807, 2.05) is 0 Å². The Balaban J connectivity index is 3.50. The molecule has 0 radical (unpaired) electrons. The second kappa shape index (κ2) is 47.5. The summed E-state index contributed by atoms with van der Waals surface area (Å²) < 4.78 is 10.7. The first-order valence-electron chi connectivity index (χ1n) is 24.5. The van der Waals surface area contributed by atoms with E-state index in [0.717, 1.165) is 44.9 Å². The molecule has 0 aliphatic carbocycles. The molecule has 0 amide bonds. The summed E-state index contributed by atoms with van der Waals surface area (Å²) in [7, 11) is 0. The Labute approximate surface area is 348 Å². The summed E-state index contributed by atoms with van der Waals surface area (Å²) in [6.07, 6.45) is 59.4. The summed E-state index contributed by atoms with van der Waals surface area (Å²) in [5, 5.41) is 9.61. The van der Waals surface area contributed by atoms with Gasteiger partial charge in [-0.1, -0.05) is 211 Å². The monoisotopic (exact) mass is 787 g/mol. The van der Waals surface area contributed by atoms with E-state index >= 15 is 0 Å². The van der Waals surface area contributed by atoms with Crippen LogP contribution < -0.4 is 0 Å². The molecule has 0 aliphatic rings. The van der Waals surface area contributed by atoms with Crippen LogP contribution in [0.4, 0.5) is 0 Å². The second-order valence-electron chi connectivity index (χ2n) is 16.5. The number of carbonyl (C=O) groups excluding carboxylic acids is 2. The first kappa shape index (κ1) is 54.1. The van der Waals surface area contributed by atoms with Crippen LogP contribution in [0.3, 0.4) is 0 Å². The minimum absolute atomic E-state index is 0.0664. The van der Waals surface area contributed by atoms with Crippen molar-refractivity contribution in [3.05, 3.63) is 36.5 Å². The van der Waals surface area contributed by atoms with Crippen molar-refractivity contribution < 1.29 is 24.2 Å². The van der Waals surface area contributed by atoms with E-state index in [9.17, 15) is 14.7 Å². The fourth-order valence-corrected chi connectivity index (χ4v) is 7.17. The Morgan fingerprint density at radius 1 is 0.411 bits per heavy atom. The highest BCUT2D eigenvalue weighted by Gasteiger charge is 2.16. The van der Waals surface area contributed by atoms with E-state index in [1.54, 1.807) is 0 Å². The van der Waals surface area contributed by atoms with E-state index in [2.05, 4.69) is 50.3 Å². The van der Waals surface area contributed by atoms with Gasteiger partial charge in [0.15, 0.2) is 6.10 Å². The lowest BCUT2D eigenvalue weighted by atomic mass is 10.1. The van der Waals surface area contributed by atoms with E-state index in [0.29, 0.717) is 12.8 Å². The summed E-state index contributed by atoms with van der Waals surface area (Å²) in [5.41, 5.74) is 0. The van der Waals surface area contributed by atoms with Crippen LogP contribution in [-0.4, -0.2) is 36.4 Å². The van der Waals surface area contributed by atoms with Gasteiger partial charge in [0.05, 0.1) is 6.61 Å². The average Bonchev–Trinajstić information content (AvgIpc) is 3.20. The molecule has 0 saturated heterocycles. The number of ether oxygens (including phenoxy) is 2. The molecule has 5 nitrogen and oxygen atoms in total. The molecule has 0 bridgehead atoms. The highest BCUT2D eigenvalue weighted by molar-refractivity contribution is 5.70. The maximum absolute atomic E-state index is 12.2. The van der Waals surface area contributed by atoms with Gasteiger partial charge in [0.1, 0.15) is 6.61 Å². The molecule has 0 saturated carbocycles. The van der Waals surface area contributed by atoms with Gasteiger partial charge >= 0.3 is 11.9 Å². The third-order valence-electron chi connectivity index (χ3n) is 10.9. The van der Waals surface area contributed by atoms with Crippen LogP contribution in [0.15, 0.2) is 36.5 Å². The van der Waals surface area contributed by atoms with Gasteiger partial charge in [-0.15, -0.1) is 0 Å². The Bertz CT molecular complexity index is 893. The van der Waals surface area contributed by atoms with Crippen molar-refractivity contribution in [3.63, 3.8) is 0 Å². The fourth-order valence-electron chi connectivity index (χ4n) is 7.17. The van der Waals surface area contributed by atoms with Crippen LogP contribution in [0.5, 0.6) is 0 Å². The quantitative estimate of drug-likeness (QED) is 0.0378. The topological polar surface area (TPSA) is 72.8 Å². The predicted molar refractivity (Wildman–Crippen MR) is 242 cm³/mol.